The van der Waals surface area contributed by atoms with Crippen LogP contribution in [-0.2, 0) is 11.2 Å². The number of benzene rings is 2. The van der Waals surface area contributed by atoms with E-state index < -0.39 is 11.9 Å². The Morgan fingerprint density at radius 3 is 2.57 bits per heavy atom. The van der Waals surface area contributed by atoms with Gasteiger partial charge in [0, 0.05) is 5.56 Å². The van der Waals surface area contributed by atoms with E-state index >= 15 is 0 Å². The maximum atomic E-state index is 11.7. The van der Waals surface area contributed by atoms with Crippen LogP contribution in [0.5, 0.6) is 0 Å². The number of aromatic carboxylic acids is 1. The van der Waals surface area contributed by atoms with Crippen molar-refractivity contribution in [3.8, 4) is 11.1 Å². The number of carbonyl (C=O) groups is 3. The third-order valence-electron chi connectivity index (χ3n) is 3.40. The van der Waals surface area contributed by atoms with Crippen molar-refractivity contribution in [3.05, 3.63) is 59.2 Å². The molecule has 0 spiro atoms. The summed E-state index contributed by atoms with van der Waals surface area (Å²) in [6.07, 6.45) is 0.146. The van der Waals surface area contributed by atoms with Crippen LogP contribution in [0.1, 0.15) is 26.3 Å². The van der Waals surface area contributed by atoms with Gasteiger partial charge in [-0.15, -0.1) is 0 Å². The van der Waals surface area contributed by atoms with Crippen LogP contribution >= 0.6 is 0 Å². The second-order valence-corrected chi connectivity index (χ2v) is 4.81. The van der Waals surface area contributed by atoms with Gasteiger partial charge < -0.3 is 5.11 Å². The number of carboxylic acid groups (broad SMARTS) is 1. The molecule has 104 valence electrons. The molecule has 0 saturated carbocycles. The Morgan fingerprint density at radius 2 is 1.81 bits per heavy atom. The molecule has 2 aromatic carbocycles. The highest BCUT2D eigenvalue weighted by Gasteiger charge is 2.22. The highest BCUT2D eigenvalue weighted by atomic mass is 16.4. The zero-order valence-corrected chi connectivity index (χ0v) is 10.9. The summed E-state index contributed by atoms with van der Waals surface area (Å²) in [6, 6.07) is 11.7. The molecule has 0 fully saturated rings. The van der Waals surface area contributed by atoms with Crippen LogP contribution in [0.25, 0.3) is 11.1 Å². The van der Waals surface area contributed by atoms with E-state index in [2.05, 4.69) is 5.32 Å². The van der Waals surface area contributed by atoms with Crippen molar-refractivity contribution in [3.63, 3.8) is 0 Å². The Bertz CT molecular complexity index is 780. The van der Waals surface area contributed by atoms with Gasteiger partial charge in [0.25, 0.3) is 5.91 Å². The lowest BCUT2D eigenvalue weighted by atomic mass is 9.94. The summed E-state index contributed by atoms with van der Waals surface area (Å²) in [6.45, 7) is 0. The molecule has 2 aromatic rings. The van der Waals surface area contributed by atoms with Crippen LogP contribution in [0.15, 0.2) is 42.5 Å². The van der Waals surface area contributed by atoms with Gasteiger partial charge in [0.15, 0.2) is 0 Å². The number of carboxylic acids is 1. The maximum Gasteiger partial charge on any atom is 0.335 e. The molecular weight excluding hydrogens is 270 g/mol. The molecule has 0 radical (unpaired) electrons. The number of carbonyl (C=O) groups excluding carboxylic acids is 2. The van der Waals surface area contributed by atoms with E-state index in [1.54, 1.807) is 36.4 Å². The summed E-state index contributed by atoms with van der Waals surface area (Å²) in [7, 11) is 0. The lowest BCUT2D eigenvalue weighted by Crippen LogP contribution is -2.37. The van der Waals surface area contributed by atoms with E-state index in [9.17, 15) is 14.4 Å². The molecule has 3 rings (SSSR count). The Balaban J connectivity index is 2.06. The summed E-state index contributed by atoms with van der Waals surface area (Å²) < 4.78 is 0. The van der Waals surface area contributed by atoms with Crippen LogP contribution < -0.4 is 5.32 Å². The Morgan fingerprint density at radius 1 is 1.05 bits per heavy atom. The van der Waals surface area contributed by atoms with Gasteiger partial charge in [-0.2, -0.15) is 0 Å². The van der Waals surface area contributed by atoms with E-state index in [1.165, 1.54) is 6.07 Å². The van der Waals surface area contributed by atoms with E-state index in [-0.39, 0.29) is 17.9 Å². The second kappa shape index (κ2) is 4.86. The van der Waals surface area contributed by atoms with Gasteiger partial charge in [-0.1, -0.05) is 18.2 Å². The summed E-state index contributed by atoms with van der Waals surface area (Å²) in [5, 5.41) is 11.3. The highest BCUT2D eigenvalue weighted by Crippen LogP contribution is 2.25. The quantitative estimate of drug-likeness (QED) is 0.823. The molecule has 0 saturated heterocycles. The topological polar surface area (TPSA) is 83.5 Å². The van der Waals surface area contributed by atoms with Gasteiger partial charge in [-0.3, -0.25) is 14.9 Å². The molecule has 2 amide bonds. The molecule has 1 heterocycles. The van der Waals surface area contributed by atoms with Crippen LogP contribution in [0, 0.1) is 0 Å². The fourth-order valence-electron chi connectivity index (χ4n) is 2.38. The number of rotatable bonds is 2. The minimum Gasteiger partial charge on any atom is -0.478 e. The molecule has 0 unspecified atom stereocenters. The molecule has 0 aliphatic carbocycles. The standard InChI is InChI=1S/C16H11NO4/c18-14-8-12-7-10(4-5-13(12)15(19)17-14)9-2-1-3-11(6-9)16(20)21/h1-7H,8H2,(H,20,21)(H,17,18,19). The normalized spacial score (nSPS) is 13.5. The highest BCUT2D eigenvalue weighted by molar-refractivity contribution is 6.10. The summed E-state index contributed by atoms with van der Waals surface area (Å²) in [5.41, 5.74) is 2.84. The number of hydrogen-bond acceptors (Lipinski definition) is 3. The zero-order valence-electron chi connectivity index (χ0n) is 10.9. The molecule has 0 aromatic heterocycles. The van der Waals surface area contributed by atoms with Gasteiger partial charge in [-0.05, 0) is 41.0 Å². The van der Waals surface area contributed by atoms with Crippen molar-refractivity contribution >= 4 is 17.8 Å². The zero-order chi connectivity index (χ0) is 15.0. The van der Waals surface area contributed by atoms with Crippen molar-refractivity contribution < 1.29 is 19.5 Å². The van der Waals surface area contributed by atoms with Crippen LogP contribution in [0.2, 0.25) is 0 Å². The van der Waals surface area contributed by atoms with Crippen LogP contribution in [0.3, 0.4) is 0 Å². The molecule has 1 aliphatic heterocycles. The lowest BCUT2D eigenvalue weighted by Gasteiger charge is -2.16. The maximum absolute atomic E-state index is 11.7. The lowest BCUT2D eigenvalue weighted by molar-refractivity contribution is -0.119. The predicted octanol–water partition coefficient (Wildman–Crippen LogP) is 1.86. The van der Waals surface area contributed by atoms with Gasteiger partial charge in [0.2, 0.25) is 5.91 Å². The molecule has 0 bridgehead atoms. The Kier molecular flexibility index (Phi) is 3.02. The summed E-state index contributed by atoms with van der Waals surface area (Å²) >= 11 is 0. The predicted molar refractivity (Wildman–Crippen MR) is 75.0 cm³/mol. The molecule has 5 nitrogen and oxygen atoms in total. The SMILES string of the molecule is O=C1Cc2cc(-c3cccc(C(=O)O)c3)ccc2C(=O)N1. The van der Waals surface area contributed by atoms with Crippen LogP contribution in [-0.4, -0.2) is 22.9 Å². The Hall–Kier alpha value is -2.95. The minimum atomic E-state index is -0.996. The first kappa shape index (κ1) is 13.1. The van der Waals surface area contributed by atoms with E-state index in [4.69, 9.17) is 5.11 Å². The average Bonchev–Trinajstić information content (AvgIpc) is 2.46. The van der Waals surface area contributed by atoms with Gasteiger partial charge >= 0.3 is 5.97 Å². The molecule has 1 aliphatic rings. The third-order valence-corrected chi connectivity index (χ3v) is 3.40. The van der Waals surface area contributed by atoms with Crippen LogP contribution in [0.4, 0.5) is 0 Å². The largest absolute Gasteiger partial charge is 0.478 e. The molecule has 0 atom stereocenters. The summed E-state index contributed by atoms with van der Waals surface area (Å²) in [5.74, 6) is -1.72. The number of hydrogen-bond donors (Lipinski definition) is 2. The molecule has 2 N–H and O–H groups in total. The third kappa shape index (κ3) is 2.41. The first-order valence-electron chi connectivity index (χ1n) is 6.35. The van der Waals surface area contributed by atoms with Crippen molar-refractivity contribution in [2.24, 2.45) is 0 Å². The summed E-state index contributed by atoms with van der Waals surface area (Å²) in [4.78, 5) is 34.1. The van der Waals surface area contributed by atoms with E-state index in [0.29, 0.717) is 11.1 Å². The van der Waals surface area contributed by atoms with Crippen molar-refractivity contribution in [2.45, 2.75) is 6.42 Å². The van der Waals surface area contributed by atoms with E-state index in [1.807, 2.05) is 0 Å². The van der Waals surface area contributed by atoms with Crippen molar-refractivity contribution in [2.75, 3.05) is 0 Å². The van der Waals surface area contributed by atoms with Gasteiger partial charge in [-0.25, -0.2) is 4.79 Å². The molecule has 21 heavy (non-hydrogen) atoms. The first-order valence-corrected chi connectivity index (χ1v) is 6.35. The number of imide groups is 1. The first-order chi connectivity index (χ1) is 10.0. The number of fused-ring (bicyclic) bond motifs is 1. The minimum absolute atomic E-state index is 0.146. The smallest absolute Gasteiger partial charge is 0.335 e. The van der Waals surface area contributed by atoms with Gasteiger partial charge in [0.05, 0.1) is 12.0 Å². The monoisotopic (exact) mass is 281 g/mol. The fraction of sp³-hybridized carbons (Fsp3) is 0.0625. The Labute approximate surface area is 120 Å². The number of amides is 2. The fourth-order valence-corrected chi connectivity index (χ4v) is 2.38. The second-order valence-electron chi connectivity index (χ2n) is 4.81. The van der Waals surface area contributed by atoms with Gasteiger partial charge in [0.1, 0.15) is 0 Å². The average molecular weight is 281 g/mol. The van der Waals surface area contributed by atoms with E-state index in [0.717, 1.165) is 11.1 Å². The van der Waals surface area contributed by atoms with Crippen molar-refractivity contribution in [1.82, 2.24) is 5.32 Å². The molecular formula is C16H11NO4. The van der Waals surface area contributed by atoms with Crippen molar-refractivity contribution in [1.29, 1.82) is 0 Å². The molecule has 5 heteroatoms. The number of nitrogens with one attached hydrogen (secondary N) is 1.